The van der Waals surface area contributed by atoms with E-state index in [-0.39, 0.29) is 6.01 Å². The van der Waals surface area contributed by atoms with Crippen molar-refractivity contribution in [2.45, 2.75) is 19.4 Å². The molecule has 0 aromatic carbocycles. The fourth-order valence-electron chi connectivity index (χ4n) is 0.584. The highest BCUT2D eigenvalue weighted by atomic mass is 16.4. The molecule has 0 unspecified atom stereocenters. The second-order valence-electron chi connectivity index (χ2n) is 2.79. The molecule has 0 fully saturated rings. The second-order valence-corrected chi connectivity index (χ2v) is 2.79. The Morgan fingerprint density at radius 3 is 2.40 bits per heavy atom. The number of hydrogen-bond donors (Lipinski definition) is 2. The van der Waals surface area contributed by atoms with E-state index in [2.05, 4.69) is 4.98 Å². The zero-order valence-electron chi connectivity index (χ0n) is 6.09. The van der Waals surface area contributed by atoms with Crippen LogP contribution in [0.2, 0.25) is 0 Å². The highest BCUT2D eigenvalue weighted by molar-refractivity contribution is 5.17. The molecule has 0 saturated carbocycles. The molecule has 1 aromatic heterocycles. The minimum Gasteiger partial charge on any atom is -0.432 e. The maximum Gasteiger partial charge on any atom is 0.292 e. The SMILES string of the molecule is CC(C)(N)c1coc(N)n1. The van der Waals surface area contributed by atoms with Crippen molar-refractivity contribution in [1.29, 1.82) is 0 Å². The molecule has 4 heteroatoms. The van der Waals surface area contributed by atoms with E-state index in [9.17, 15) is 0 Å². The Balaban J connectivity index is 2.96. The van der Waals surface area contributed by atoms with Crippen molar-refractivity contribution in [3.63, 3.8) is 0 Å². The Morgan fingerprint density at radius 1 is 1.60 bits per heavy atom. The zero-order valence-corrected chi connectivity index (χ0v) is 6.09. The monoisotopic (exact) mass is 141 g/mol. The number of hydrogen-bond acceptors (Lipinski definition) is 4. The van der Waals surface area contributed by atoms with Crippen LogP contribution < -0.4 is 11.5 Å². The fourth-order valence-corrected chi connectivity index (χ4v) is 0.584. The third-order valence-corrected chi connectivity index (χ3v) is 1.18. The molecule has 1 aromatic rings. The number of nitrogens with zero attached hydrogens (tertiary/aromatic N) is 1. The lowest BCUT2D eigenvalue weighted by atomic mass is 10.0. The van der Waals surface area contributed by atoms with E-state index in [0.717, 1.165) is 0 Å². The van der Waals surface area contributed by atoms with Gasteiger partial charge in [-0.2, -0.15) is 4.98 Å². The maximum atomic E-state index is 5.69. The van der Waals surface area contributed by atoms with Gasteiger partial charge in [-0.15, -0.1) is 0 Å². The summed E-state index contributed by atoms with van der Waals surface area (Å²) in [5, 5.41) is 0. The topological polar surface area (TPSA) is 78.1 Å². The summed E-state index contributed by atoms with van der Waals surface area (Å²) >= 11 is 0. The number of anilines is 1. The number of nitrogens with two attached hydrogens (primary N) is 2. The molecule has 1 heterocycles. The molecule has 0 aliphatic rings. The van der Waals surface area contributed by atoms with Crippen molar-refractivity contribution >= 4 is 6.01 Å². The van der Waals surface area contributed by atoms with E-state index >= 15 is 0 Å². The van der Waals surface area contributed by atoms with Gasteiger partial charge >= 0.3 is 0 Å². The quantitative estimate of drug-likeness (QED) is 0.595. The molecule has 4 nitrogen and oxygen atoms in total. The highest BCUT2D eigenvalue weighted by Crippen LogP contribution is 2.15. The molecule has 0 bridgehead atoms. The van der Waals surface area contributed by atoms with Crippen LogP contribution in [0, 0.1) is 0 Å². The summed E-state index contributed by atoms with van der Waals surface area (Å²) in [6.07, 6.45) is 1.47. The Kier molecular flexibility index (Phi) is 1.40. The van der Waals surface area contributed by atoms with Crippen LogP contribution in [0.5, 0.6) is 0 Å². The maximum absolute atomic E-state index is 5.69. The van der Waals surface area contributed by atoms with Crippen molar-refractivity contribution in [3.05, 3.63) is 12.0 Å². The van der Waals surface area contributed by atoms with E-state index in [1.54, 1.807) is 0 Å². The van der Waals surface area contributed by atoms with Crippen LogP contribution in [0.4, 0.5) is 6.01 Å². The molecular formula is C6H11N3O. The van der Waals surface area contributed by atoms with Gasteiger partial charge < -0.3 is 15.9 Å². The summed E-state index contributed by atoms with van der Waals surface area (Å²) in [6.45, 7) is 3.68. The lowest BCUT2D eigenvalue weighted by Crippen LogP contribution is -2.28. The van der Waals surface area contributed by atoms with Gasteiger partial charge in [0.2, 0.25) is 0 Å². The van der Waals surface area contributed by atoms with Crippen molar-refractivity contribution in [2.75, 3.05) is 5.73 Å². The number of rotatable bonds is 1. The van der Waals surface area contributed by atoms with Crippen molar-refractivity contribution < 1.29 is 4.42 Å². The summed E-state index contributed by atoms with van der Waals surface area (Å²) in [4.78, 5) is 3.87. The molecule has 1 rings (SSSR count). The van der Waals surface area contributed by atoms with Gasteiger partial charge in [0, 0.05) is 0 Å². The summed E-state index contributed by atoms with van der Waals surface area (Å²) in [6, 6.07) is 0.161. The van der Waals surface area contributed by atoms with E-state index in [1.165, 1.54) is 6.26 Å². The summed E-state index contributed by atoms with van der Waals surface area (Å²) < 4.78 is 4.78. The minimum atomic E-state index is -0.471. The van der Waals surface area contributed by atoms with Gasteiger partial charge in [-0.1, -0.05) is 0 Å². The van der Waals surface area contributed by atoms with E-state index < -0.39 is 5.54 Å². The smallest absolute Gasteiger partial charge is 0.292 e. The van der Waals surface area contributed by atoms with Gasteiger partial charge in [0.15, 0.2) is 0 Å². The number of aromatic nitrogens is 1. The first kappa shape index (κ1) is 7.08. The van der Waals surface area contributed by atoms with E-state index in [1.807, 2.05) is 13.8 Å². The van der Waals surface area contributed by atoms with Crippen molar-refractivity contribution in [1.82, 2.24) is 4.98 Å². The fraction of sp³-hybridized carbons (Fsp3) is 0.500. The average Bonchev–Trinajstić information content (AvgIpc) is 2.11. The van der Waals surface area contributed by atoms with Crippen molar-refractivity contribution in [2.24, 2.45) is 5.73 Å². The zero-order chi connectivity index (χ0) is 7.78. The van der Waals surface area contributed by atoms with Gasteiger partial charge in [-0.3, -0.25) is 0 Å². The van der Waals surface area contributed by atoms with Crippen LogP contribution in [0.15, 0.2) is 10.7 Å². The molecule has 0 radical (unpaired) electrons. The predicted octanol–water partition coefficient (Wildman–Crippen LogP) is 0.451. The van der Waals surface area contributed by atoms with E-state index in [0.29, 0.717) is 5.69 Å². The normalized spacial score (nSPS) is 11.9. The van der Waals surface area contributed by atoms with Crippen LogP contribution >= 0.6 is 0 Å². The van der Waals surface area contributed by atoms with Crippen molar-refractivity contribution in [3.8, 4) is 0 Å². The number of nitrogen functional groups attached to an aromatic ring is 1. The molecule has 0 atom stereocenters. The first-order chi connectivity index (χ1) is 4.50. The summed E-state index contributed by atoms with van der Waals surface area (Å²) in [5.41, 5.74) is 11.1. The molecule has 4 N–H and O–H groups in total. The third-order valence-electron chi connectivity index (χ3n) is 1.18. The lowest BCUT2D eigenvalue weighted by Gasteiger charge is -2.13. The third kappa shape index (κ3) is 1.27. The van der Waals surface area contributed by atoms with Gasteiger partial charge in [-0.25, -0.2) is 0 Å². The second kappa shape index (κ2) is 1.98. The molecule has 0 aliphatic carbocycles. The van der Waals surface area contributed by atoms with Crippen LogP contribution in [-0.4, -0.2) is 4.98 Å². The van der Waals surface area contributed by atoms with Crippen LogP contribution in [0.3, 0.4) is 0 Å². The lowest BCUT2D eigenvalue weighted by molar-refractivity contribution is 0.523. The minimum absolute atomic E-state index is 0.161. The molecule has 56 valence electrons. The average molecular weight is 141 g/mol. The van der Waals surface area contributed by atoms with E-state index in [4.69, 9.17) is 15.9 Å². The predicted molar refractivity (Wildman–Crippen MR) is 38.1 cm³/mol. The van der Waals surface area contributed by atoms with Crippen LogP contribution in [-0.2, 0) is 5.54 Å². The Hall–Kier alpha value is -1.03. The first-order valence-electron chi connectivity index (χ1n) is 3.00. The largest absolute Gasteiger partial charge is 0.432 e. The molecular weight excluding hydrogens is 130 g/mol. The Labute approximate surface area is 59.2 Å². The van der Waals surface area contributed by atoms with Crippen LogP contribution in [0.1, 0.15) is 19.5 Å². The Morgan fingerprint density at radius 2 is 2.20 bits per heavy atom. The van der Waals surface area contributed by atoms with Gasteiger partial charge in [0.05, 0.1) is 5.54 Å². The Bertz CT molecular complexity index is 223. The first-order valence-corrected chi connectivity index (χ1v) is 3.00. The van der Waals surface area contributed by atoms with Gasteiger partial charge in [-0.05, 0) is 13.8 Å². The molecule has 0 amide bonds. The van der Waals surface area contributed by atoms with Gasteiger partial charge in [0.1, 0.15) is 12.0 Å². The summed E-state index contributed by atoms with van der Waals surface area (Å²) in [7, 11) is 0. The number of oxazole rings is 1. The highest BCUT2D eigenvalue weighted by Gasteiger charge is 2.17. The molecule has 0 spiro atoms. The molecule has 10 heavy (non-hydrogen) atoms. The standard InChI is InChI=1S/C6H11N3O/c1-6(2,8)4-3-10-5(7)9-4/h3H,8H2,1-2H3,(H2,7,9). The summed E-state index contributed by atoms with van der Waals surface area (Å²) in [5.74, 6) is 0. The molecule has 0 aliphatic heterocycles. The van der Waals surface area contributed by atoms with Gasteiger partial charge in [0.25, 0.3) is 6.01 Å². The molecule has 0 saturated heterocycles. The van der Waals surface area contributed by atoms with Crippen LogP contribution in [0.25, 0.3) is 0 Å².